The van der Waals surface area contributed by atoms with E-state index in [1.165, 1.54) is 13.8 Å². The van der Waals surface area contributed by atoms with Crippen molar-refractivity contribution in [3.63, 3.8) is 0 Å². The lowest BCUT2D eigenvalue weighted by atomic mass is 10.1. The van der Waals surface area contributed by atoms with Crippen LogP contribution in [-0.4, -0.2) is 55.2 Å². The van der Waals surface area contributed by atoms with E-state index < -0.39 is 36.2 Å². The molecule has 1 unspecified atom stereocenters. The zero-order valence-electron chi connectivity index (χ0n) is 15.7. The molecule has 154 valence electrons. The van der Waals surface area contributed by atoms with Gasteiger partial charge in [0.1, 0.15) is 24.9 Å². The number of hydrogen-bond acceptors (Lipinski definition) is 8. The molecule has 28 heavy (non-hydrogen) atoms. The Balaban J connectivity index is 2.29. The summed E-state index contributed by atoms with van der Waals surface area (Å²) < 4.78 is 21.2. The Bertz CT molecular complexity index is 683. The van der Waals surface area contributed by atoms with Crippen molar-refractivity contribution < 1.29 is 38.1 Å². The van der Waals surface area contributed by atoms with Gasteiger partial charge in [-0.1, -0.05) is 23.8 Å². The second-order valence-electron chi connectivity index (χ2n) is 6.58. The lowest BCUT2D eigenvalue weighted by Crippen LogP contribution is -2.32. The van der Waals surface area contributed by atoms with E-state index in [1.807, 2.05) is 0 Å². The molecule has 0 amide bonds. The normalized spacial score (nSPS) is 32.2. The minimum atomic E-state index is -0.968. The van der Waals surface area contributed by atoms with Crippen LogP contribution in [0.4, 0.5) is 0 Å². The van der Waals surface area contributed by atoms with Crippen molar-refractivity contribution in [1.29, 1.82) is 0 Å². The number of esters is 3. The van der Waals surface area contributed by atoms with Crippen molar-refractivity contribution in [3.8, 4) is 0 Å². The van der Waals surface area contributed by atoms with Gasteiger partial charge in [-0.2, -0.15) is 0 Å². The van der Waals surface area contributed by atoms with E-state index in [2.05, 4.69) is 0 Å². The first-order valence-corrected chi connectivity index (χ1v) is 9.30. The quantitative estimate of drug-likeness (QED) is 0.297. The molecule has 0 aromatic rings. The first-order valence-electron chi connectivity index (χ1n) is 8.92. The Hall–Kier alpha value is -2.19. The largest absolute Gasteiger partial charge is 0.461 e. The first kappa shape index (κ1) is 22.1. The highest BCUT2D eigenvalue weighted by atomic mass is 35.5. The van der Waals surface area contributed by atoms with Crippen molar-refractivity contribution in [1.82, 2.24) is 0 Å². The fourth-order valence-electron chi connectivity index (χ4n) is 3.05. The van der Waals surface area contributed by atoms with E-state index in [4.69, 9.17) is 30.5 Å². The number of carbonyl (C=O) groups is 4. The van der Waals surface area contributed by atoms with E-state index in [0.29, 0.717) is 36.2 Å². The van der Waals surface area contributed by atoms with Crippen LogP contribution in [0.3, 0.4) is 0 Å². The Morgan fingerprint density at radius 2 is 2.00 bits per heavy atom. The van der Waals surface area contributed by atoms with E-state index >= 15 is 0 Å². The summed E-state index contributed by atoms with van der Waals surface area (Å²) >= 11 is 6.25. The van der Waals surface area contributed by atoms with E-state index in [0.717, 1.165) is 0 Å². The third kappa shape index (κ3) is 6.76. The van der Waals surface area contributed by atoms with Crippen LogP contribution in [0.15, 0.2) is 22.8 Å². The average Bonchev–Trinajstić information content (AvgIpc) is 2.97. The van der Waals surface area contributed by atoms with Gasteiger partial charge in [0.15, 0.2) is 6.29 Å². The van der Waals surface area contributed by atoms with Crippen LogP contribution >= 0.6 is 11.6 Å². The van der Waals surface area contributed by atoms with E-state index in [1.54, 1.807) is 12.2 Å². The molecule has 4 atom stereocenters. The average molecular weight is 415 g/mol. The van der Waals surface area contributed by atoms with Gasteiger partial charge >= 0.3 is 17.9 Å². The minimum absolute atomic E-state index is 0.141. The number of aldehydes is 1. The van der Waals surface area contributed by atoms with Crippen LogP contribution < -0.4 is 0 Å². The fraction of sp³-hybridized carbons (Fsp3) is 0.579. The SMILES string of the molecule is CC(=O)OC/C1=C/C/C=C(/Cl)C[C@H]2C[C@@H](OC(=O)CC1OC(C)=O)[C@@H](C=O)O2. The Morgan fingerprint density at radius 1 is 1.25 bits per heavy atom. The molecular formula is C19H23ClO8. The van der Waals surface area contributed by atoms with Gasteiger partial charge in [0, 0.05) is 37.3 Å². The predicted molar refractivity (Wildman–Crippen MR) is 97.3 cm³/mol. The van der Waals surface area contributed by atoms with Gasteiger partial charge < -0.3 is 23.7 Å². The van der Waals surface area contributed by atoms with Crippen LogP contribution in [0.1, 0.15) is 39.5 Å². The topological polar surface area (TPSA) is 105 Å². The molecule has 0 radical (unpaired) electrons. The smallest absolute Gasteiger partial charge is 0.310 e. The van der Waals surface area contributed by atoms with Crippen molar-refractivity contribution >= 4 is 35.8 Å². The maximum atomic E-state index is 12.4. The molecule has 2 bridgehead atoms. The van der Waals surface area contributed by atoms with Crippen LogP contribution in [0, 0.1) is 0 Å². The van der Waals surface area contributed by atoms with Crippen LogP contribution in [0.2, 0.25) is 0 Å². The zero-order chi connectivity index (χ0) is 20.7. The highest BCUT2D eigenvalue weighted by molar-refractivity contribution is 6.29. The Labute approximate surface area is 167 Å². The highest BCUT2D eigenvalue weighted by Gasteiger charge is 2.38. The van der Waals surface area contributed by atoms with Gasteiger partial charge in [-0.15, -0.1) is 0 Å². The van der Waals surface area contributed by atoms with Crippen molar-refractivity contribution in [2.75, 3.05) is 6.61 Å². The maximum Gasteiger partial charge on any atom is 0.310 e. The summed E-state index contributed by atoms with van der Waals surface area (Å²) in [4.78, 5) is 46.3. The number of fused-ring (bicyclic) bond motifs is 2. The molecule has 1 fully saturated rings. The Kier molecular flexibility index (Phi) is 8.19. The summed E-state index contributed by atoms with van der Waals surface area (Å²) in [5.41, 5.74) is 0.440. The highest BCUT2D eigenvalue weighted by Crippen LogP contribution is 2.29. The molecule has 2 aliphatic heterocycles. The van der Waals surface area contributed by atoms with E-state index in [-0.39, 0.29) is 19.1 Å². The van der Waals surface area contributed by atoms with Gasteiger partial charge in [-0.3, -0.25) is 14.4 Å². The molecular weight excluding hydrogens is 392 g/mol. The predicted octanol–water partition coefficient (Wildman–Crippen LogP) is 1.98. The summed E-state index contributed by atoms with van der Waals surface area (Å²) in [7, 11) is 0. The molecule has 2 aliphatic rings. The summed E-state index contributed by atoms with van der Waals surface area (Å²) in [6.07, 6.45) is 1.92. The fourth-order valence-corrected chi connectivity index (χ4v) is 3.31. The van der Waals surface area contributed by atoms with Gasteiger partial charge in [-0.25, -0.2) is 0 Å². The molecule has 9 heteroatoms. The number of allylic oxidation sites excluding steroid dienone is 2. The summed E-state index contributed by atoms with van der Waals surface area (Å²) in [6, 6.07) is 0. The first-order chi connectivity index (χ1) is 13.3. The molecule has 0 aliphatic carbocycles. The molecule has 8 nitrogen and oxygen atoms in total. The van der Waals surface area contributed by atoms with Crippen LogP contribution in [0.5, 0.6) is 0 Å². The molecule has 0 spiro atoms. The minimum Gasteiger partial charge on any atom is -0.461 e. The van der Waals surface area contributed by atoms with Crippen LogP contribution in [0.25, 0.3) is 0 Å². The molecule has 0 aromatic heterocycles. The van der Waals surface area contributed by atoms with Crippen molar-refractivity contribution in [2.24, 2.45) is 0 Å². The molecule has 2 rings (SSSR count). The van der Waals surface area contributed by atoms with Gasteiger partial charge in [0.25, 0.3) is 0 Å². The maximum absolute atomic E-state index is 12.4. The third-order valence-electron chi connectivity index (χ3n) is 4.29. The van der Waals surface area contributed by atoms with Gasteiger partial charge in [0.2, 0.25) is 0 Å². The third-order valence-corrected chi connectivity index (χ3v) is 4.59. The number of halogens is 1. The van der Waals surface area contributed by atoms with Crippen molar-refractivity contribution in [3.05, 3.63) is 22.8 Å². The van der Waals surface area contributed by atoms with Gasteiger partial charge in [0.05, 0.1) is 12.5 Å². The summed E-state index contributed by atoms with van der Waals surface area (Å²) in [5, 5.41) is 0.521. The number of ether oxygens (including phenoxy) is 4. The zero-order valence-corrected chi connectivity index (χ0v) is 16.5. The molecule has 0 aromatic carbocycles. The lowest BCUT2D eigenvalue weighted by Gasteiger charge is -2.21. The molecule has 2 heterocycles. The lowest BCUT2D eigenvalue weighted by molar-refractivity contribution is -0.157. The second kappa shape index (κ2) is 10.4. The van der Waals surface area contributed by atoms with Gasteiger partial charge in [-0.05, 0) is 6.42 Å². The summed E-state index contributed by atoms with van der Waals surface area (Å²) in [6.45, 7) is 2.32. The monoisotopic (exact) mass is 414 g/mol. The molecule has 0 N–H and O–H groups in total. The number of rotatable bonds is 4. The van der Waals surface area contributed by atoms with Crippen molar-refractivity contribution in [2.45, 2.75) is 63.9 Å². The summed E-state index contributed by atoms with van der Waals surface area (Å²) in [5.74, 6) is -1.76. The van der Waals surface area contributed by atoms with E-state index in [9.17, 15) is 19.2 Å². The second-order valence-corrected chi connectivity index (χ2v) is 7.06. The van der Waals surface area contributed by atoms with Crippen LogP contribution in [-0.2, 0) is 38.1 Å². The molecule has 0 saturated carbocycles. The Morgan fingerprint density at radius 3 is 2.64 bits per heavy atom. The molecule has 1 saturated heterocycles. The number of hydrogen-bond donors (Lipinski definition) is 0. The standard InChI is InChI=1S/C19H23ClO8/c1-11(22)25-10-13-4-3-5-14(20)6-15-7-17(18(9-21)27-15)28-19(24)8-16(13)26-12(2)23/h4-5,9,15-18H,3,6-8,10H2,1-2H3/b13-4-,14-5+/t15-,16?,17+,18+/m0/s1. The number of carbonyl (C=O) groups excluding carboxylic acids is 4.